The van der Waals surface area contributed by atoms with Crippen molar-refractivity contribution < 1.29 is 5.11 Å². The molecule has 0 spiro atoms. The van der Waals surface area contributed by atoms with Crippen molar-refractivity contribution in [3.63, 3.8) is 0 Å². The van der Waals surface area contributed by atoms with E-state index < -0.39 is 5.60 Å². The number of aromatic nitrogens is 1. The van der Waals surface area contributed by atoms with Crippen molar-refractivity contribution >= 4 is 5.82 Å². The summed E-state index contributed by atoms with van der Waals surface area (Å²) in [6.45, 7) is 0.509. The molecule has 0 radical (unpaired) electrons. The van der Waals surface area contributed by atoms with Crippen molar-refractivity contribution in [2.24, 2.45) is 0 Å². The van der Waals surface area contributed by atoms with Crippen LogP contribution in [0.4, 0.5) is 5.82 Å². The number of aliphatic hydroxyl groups is 1. The molecule has 2 N–H and O–H groups in total. The highest BCUT2D eigenvalue weighted by Gasteiger charge is 2.28. The topological polar surface area (TPSA) is 68.9 Å². The van der Waals surface area contributed by atoms with Crippen LogP contribution in [0.3, 0.4) is 0 Å². The standard InChI is InChI=1S/C13H17N3O/c14-9-11-4-7-15-12(8-11)16-10-13(17)5-2-1-3-6-13/h4,7-8,17H,1-3,5-6,10H2,(H,15,16). The van der Waals surface area contributed by atoms with Crippen LogP contribution in [0.2, 0.25) is 0 Å². The van der Waals surface area contributed by atoms with Gasteiger partial charge in [-0.05, 0) is 25.0 Å². The van der Waals surface area contributed by atoms with Crippen LogP contribution < -0.4 is 5.32 Å². The highest BCUT2D eigenvalue weighted by molar-refractivity contribution is 5.42. The van der Waals surface area contributed by atoms with E-state index in [1.165, 1.54) is 6.42 Å². The predicted molar refractivity (Wildman–Crippen MR) is 65.5 cm³/mol. The van der Waals surface area contributed by atoms with Crippen molar-refractivity contribution in [1.82, 2.24) is 4.98 Å². The van der Waals surface area contributed by atoms with Gasteiger partial charge in [0.25, 0.3) is 0 Å². The molecule has 0 bridgehead atoms. The maximum absolute atomic E-state index is 10.3. The van der Waals surface area contributed by atoms with E-state index in [1.807, 2.05) is 0 Å². The average Bonchev–Trinajstić information content (AvgIpc) is 2.38. The maximum Gasteiger partial charge on any atom is 0.127 e. The Balaban J connectivity index is 1.95. The summed E-state index contributed by atoms with van der Waals surface area (Å²) in [4.78, 5) is 4.13. The Kier molecular flexibility index (Phi) is 3.60. The lowest BCUT2D eigenvalue weighted by molar-refractivity contribution is 0.0166. The third-order valence-electron chi connectivity index (χ3n) is 3.27. The summed E-state index contributed by atoms with van der Waals surface area (Å²) in [5.74, 6) is 0.656. The third-order valence-corrected chi connectivity index (χ3v) is 3.27. The van der Waals surface area contributed by atoms with Crippen LogP contribution in [0.1, 0.15) is 37.7 Å². The molecule has 90 valence electrons. The molecular formula is C13H17N3O. The Hall–Kier alpha value is -1.60. The van der Waals surface area contributed by atoms with Crippen LogP contribution in [0.5, 0.6) is 0 Å². The van der Waals surface area contributed by atoms with Gasteiger partial charge in [-0.3, -0.25) is 0 Å². The Morgan fingerprint density at radius 2 is 2.18 bits per heavy atom. The van der Waals surface area contributed by atoms with E-state index in [1.54, 1.807) is 18.3 Å². The molecule has 0 saturated heterocycles. The molecule has 2 rings (SSSR count). The van der Waals surface area contributed by atoms with Crippen molar-refractivity contribution in [3.8, 4) is 6.07 Å². The number of nitriles is 1. The lowest BCUT2D eigenvalue weighted by Crippen LogP contribution is -2.38. The minimum absolute atomic E-state index is 0.509. The number of pyridine rings is 1. The summed E-state index contributed by atoms with van der Waals surface area (Å²) in [7, 11) is 0. The van der Waals surface area contributed by atoms with Crippen molar-refractivity contribution in [1.29, 1.82) is 5.26 Å². The van der Waals surface area contributed by atoms with Gasteiger partial charge in [-0.1, -0.05) is 19.3 Å². The molecule has 1 saturated carbocycles. The highest BCUT2D eigenvalue weighted by Crippen LogP contribution is 2.28. The number of hydrogen-bond donors (Lipinski definition) is 2. The normalized spacial score (nSPS) is 18.4. The molecule has 4 nitrogen and oxygen atoms in total. The predicted octanol–water partition coefficient (Wildman–Crippen LogP) is 2.06. The molecule has 0 unspecified atom stereocenters. The first kappa shape index (κ1) is 11.9. The van der Waals surface area contributed by atoms with Gasteiger partial charge in [0.2, 0.25) is 0 Å². The lowest BCUT2D eigenvalue weighted by Gasteiger charge is -2.32. The number of nitrogens with one attached hydrogen (secondary N) is 1. The van der Waals surface area contributed by atoms with Gasteiger partial charge in [-0.25, -0.2) is 4.98 Å². The summed E-state index contributed by atoms with van der Waals surface area (Å²) in [5.41, 5.74) is -0.0269. The molecule has 1 heterocycles. The zero-order chi connectivity index (χ0) is 12.1. The molecule has 1 aliphatic rings. The van der Waals surface area contributed by atoms with Crippen molar-refractivity contribution in [3.05, 3.63) is 23.9 Å². The summed E-state index contributed by atoms with van der Waals surface area (Å²) >= 11 is 0. The fourth-order valence-electron chi connectivity index (χ4n) is 2.24. The molecule has 0 aliphatic heterocycles. The van der Waals surface area contributed by atoms with Crippen LogP contribution in [-0.4, -0.2) is 22.2 Å². The average molecular weight is 231 g/mol. The lowest BCUT2D eigenvalue weighted by atomic mass is 9.85. The summed E-state index contributed by atoms with van der Waals surface area (Å²) < 4.78 is 0. The first-order valence-corrected chi connectivity index (χ1v) is 6.04. The molecule has 17 heavy (non-hydrogen) atoms. The van der Waals surface area contributed by atoms with Gasteiger partial charge in [-0.15, -0.1) is 0 Å². The highest BCUT2D eigenvalue weighted by atomic mass is 16.3. The van der Waals surface area contributed by atoms with Crippen molar-refractivity contribution in [2.45, 2.75) is 37.7 Å². The van der Waals surface area contributed by atoms with Crippen LogP contribution >= 0.6 is 0 Å². The van der Waals surface area contributed by atoms with E-state index in [2.05, 4.69) is 16.4 Å². The Morgan fingerprint density at radius 1 is 1.41 bits per heavy atom. The first-order valence-electron chi connectivity index (χ1n) is 6.04. The van der Waals surface area contributed by atoms with Gasteiger partial charge in [0.1, 0.15) is 5.82 Å². The van der Waals surface area contributed by atoms with Crippen molar-refractivity contribution in [2.75, 3.05) is 11.9 Å². The molecule has 4 heteroatoms. The monoisotopic (exact) mass is 231 g/mol. The van der Waals surface area contributed by atoms with Crippen LogP contribution in [0, 0.1) is 11.3 Å². The summed E-state index contributed by atoms with van der Waals surface area (Å²) in [6, 6.07) is 5.44. The van der Waals surface area contributed by atoms with Crippen LogP contribution in [0.25, 0.3) is 0 Å². The van der Waals surface area contributed by atoms with E-state index in [-0.39, 0.29) is 0 Å². The molecule has 1 fully saturated rings. The molecule has 0 amide bonds. The minimum Gasteiger partial charge on any atom is -0.388 e. The second-order valence-electron chi connectivity index (χ2n) is 4.68. The fourth-order valence-corrected chi connectivity index (χ4v) is 2.24. The molecular weight excluding hydrogens is 214 g/mol. The molecule has 0 aromatic carbocycles. The number of anilines is 1. The van der Waals surface area contributed by atoms with Gasteiger partial charge >= 0.3 is 0 Å². The Labute approximate surface area is 101 Å². The molecule has 1 aliphatic carbocycles. The number of nitrogens with zero attached hydrogens (tertiary/aromatic N) is 2. The van der Waals surface area contributed by atoms with Gasteiger partial charge in [0.15, 0.2) is 0 Å². The maximum atomic E-state index is 10.3. The first-order chi connectivity index (χ1) is 8.22. The Morgan fingerprint density at radius 3 is 2.88 bits per heavy atom. The zero-order valence-electron chi connectivity index (χ0n) is 9.82. The van der Waals surface area contributed by atoms with Crippen LogP contribution in [0.15, 0.2) is 18.3 Å². The largest absolute Gasteiger partial charge is 0.388 e. The van der Waals surface area contributed by atoms with Gasteiger partial charge in [-0.2, -0.15) is 5.26 Å². The van der Waals surface area contributed by atoms with E-state index in [9.17, 15) is 5.11 Å². The van der Waals surface area contributed by atoms with Crippen LogP contribution in [-0.2, 0) is 0 Å². The van der Waals surface area contributed by atoms with E-state index in [4.69, 9.17) is 5.26 Å². The molecule has 1 aromatic rings. The molecule has 0 atom stereocenters. The van der Waals surface area contributed by atoms with E-state index in [0.29, 0.717) is 17.9 Å². The minimum atomic E-state index is -0.609. The smallest absolute Gasteiger partial charge is 0.127 e. The second-order valence-corrected chi connectivity index (χ2v) is 4.68. The zero-order valence-corrected chi connectivity index (χ0v) is 9.82. The quantitative estimate of drug-likeness (QED) is 0.835. The number of rotatable bonds is 3. The Bertz CT molecular complexity index is 419. The SMILES string of the molecule is N#Cc1ccnc(NCC2(O)CCCCC2)c1. The molecule has 1 aromatic heterocycles. The fraction of sp³-hybridized carbons (Fsp3) is 0.538. The van der Waals surface area contributed by atoms with Gasteiger partial charge < -0.3 is 10.4 Å². The number of hydrogen-bond acceptors (Lipinski definition) is 4. The van der Waals surface area contributed by atoms with Gasteiger partial charge in [0.05, 0.1) is 17.2 Å². The van der Waals surface area contributed by atoms with E-state index in [0.717, 1.165) is 25.7 Å². The summed E-state index contributed by atoms with van der Waals surface area (Å²) in [5, 5.41) is 22.2. The third kappa shape index (κ3) is 3.18. The second kappa shape index (κ2) is 5.15. The summed E-state index contributed by atoms with van der Waals surface area (Å²) in [6.07, 6.45) is 6.68. The van der Waals surface area contributed by atoms with Gasteiger partial charge in [0, 0.05) is 12.7 Å². The van der Waals surface area contributed by atoms with E-state index >= 15 is 0 Å².